The Hall–Kier alpha value is -3.41. The Morgan fingerprint density at radius 3 is 2.11 bits per heavy atom. The van der Waals surface area contributed by atoms with Crippen molar-refractivity contribution in [2.45, 2.75) is 44.4 Å². The second-order valence-electron chi connectivity index (χ2n) is 11.1. The summed E-state index contributed by atoms with van der Waals surface area (Å²) in [7, 11) is 6.46. The van der Waals surface area contributed by atoms with E-state index in [2.05, 4.69) is 0 Å². The highest BCUT2D eigenvalue weighted by molar-refractivity contribution is 6.25. The molecule has 0 saturated heterocycles. The number of primary amides is 1. The number of benzene rings is 1. The predicted molar refractivity (Wildman–Crippen MR) is 134 cm³/mol. The van der Waals surface area contributed by atoms with Crippen molar-refractivity contribution in [2.75, 3.05) is 33.1 Å². The molecule has 6 atom stereocenters. The highest BCUT2D eigenvalue weighted by atomic mass is 16.4. The molecule has 0 spiro atoms. The zero-order chi connectivity index (χ0) is 28.2. The lowest BCUT2D eigenvalue weighted by molar-refractivity contribution is -0.211. The van der Waals surface area contributed by atoms with Crippen molar-refractivity contribution in [3.05, 3.63) is 40.2 Å². The number of fused-ring (bicyclic) bond motifs is 3. The van der Waals surface area contributed by atoms with E-state index in [0.717, 1.165) is 0 Å². The van der Waals surface area contributed by atoms with E-state index in [-0.39, 0.29) is 11.3 Å². The van der Waals surface area contributed by atoms with Crippen molar-refractivity contribution in [1.29, 1.82) is 0 Å². The van der Waals surface area contributed by atoms with E-state index in [1.165, 1.54) is 38.9 Å². The average Bonchev–Trinajstić information content (AvgIpc) is 2.78. The molecule has 1 aromatic carbocycles. The first-order valence-electron chi connectivity index (χ1n) is 11.8. The molecule has 0 unspecified atom stereocenters. The Morgan fingerprint density at radius 1 is 1.05 bits per heavy atom. The quantitative estimate of drug-likeness (QED) is 0.307. The van der Waals surface area contributed by atoms with Crippen LogP contribution in [-0.2, 0) is 14.4 Å². The van der Waals surface area contributed by atoms with Gasteiger partial charge in [0.05, 0.1) is 28.7 Å². The van der Waals surface area contributed by atoms with E-state index in [0.29, 0.717) is 11.3 Å². The van der Waals surface area contributed by atoms with Crippen LogP contribution >= 0.6 is 0 Å². The van der Waals surface area contributed by atoms with Gasteiger partial charge in [0, 0.05) is 25.2 Å². The van der Waals surface area contributed by atoms with Crippen molar-refractivity contribution in [2.24, 2.45) is 16.6 Å². The molecule has 11 heteroatoms. The van der Waals surface area contributed by atoms with Gasteiger partial charge in [0.2, 0.25) is 5.78 Å². The molecular formula is C26H33N3O8. The number of hydrogen-bond donors (Lipinski definition) is 6. The summed E-state index contributed by atoms with van der Waals surface area (Å²) in [4.78, 5) is 43.1. The van der Waals surface area contributed by atoms with Crippen LogP contribution in [0.5, 0.6) is 5.75 Å². The highest BCUT2D eigenvalue weighted by Crippen LogP contribution is 2.66. The van der Waals surface area contributed by atoms with Gasteiger partial charge in [-0.15, -0.1) is 0 Å². The summed E-state index contributed by atoms with van der Waals surface area (Å²) in [6.07, 6.45) is -1.73. The smallest absolute Gasteiger partial charge is 0.255 e. The molecule has 4 rings (SSSR count). The average molecular weight is 516 g/mol. The highest BCUT2D eigenvalue weighted by Gasteiger charge is 2.77. The fourth-order valence-corrected chi connectivity index (χ4v) is 6.97. The third-order valence-electron chi connectivity index (χ3n) is 8.90. The first-order chi connectivity index (χ1) is 16.9. The van der Waals surface area contributed by atoms with Crippen molar-refractivity contribution in [3.63, 3.8) is 0 Å². The van der Waals surface area contributed by atoms with E-state index >= 15 is 0 Å². The zero-order valence-corrected chi connectivity index (χ0v) is 21.8. The second kappa shape index (κ2) is 7.80. The number of aromatic hydroxyl groups is 1. The Balaban J connectivity index is 2.20. The fourth-order valence-electron chi connectivity index (χ4n) is 6.97. The molecule has 0 aromatic heterocycles. The first-order valence-corrected chi connectivity index (χ1v) is 11.8. The topological polar surface area (TPSA) is 185 Å². The number of Topliss-reactive ketones (excluding diaryl/α,β-unsaturated/α-hetero) is 2. The maximum absolute atomic E-state index is 14.3. The molecule has 3 aliphatic carbocycles. The largest absolute Gasteiger partial charge is 0.508 e. The van der Waals surface area contributed by atoms with Crippen molar-refractivity contribution < 1.29 is 39.9 Å². The van der Waals surface area contributed by atoms with Gasteiger partial charge in [0.1, 0.15) is 22.8 Å². The summed E-state index contributed by atoms with van der Waals surface area (Å²) < 4.78 is 0. The lowest BCUT2D eigenvalue weighted by atomic mass is 9.42. The van der Waals surface area contributed by atoms with Gasteiger partial charge < -0.3 is 36.2 Å². The van der Waals surface area contributed by atoms with Gasteiger partial charge in [-0.05, 0) is 37.7 Å². The predicted octanol–water partition coefficient (Wildman–Crippen LogP) is 0.342. The van der Waals surface area contributed by atoms with Gasteiger partial charge in [0.15, 0.2) is 11.4 Å². The van der Waals surface area contributed by atoms with E-state index in [1.807, 2.05) is 0 Å². The van der Waals surface area contributed by atoms with Gasteiger partial charge in [0.25, 0.3) is 5.91 Å². The molecule has 1 amide bonds. The van der Waals surface area contributed by atoms with Crippen LogP contribution in [0.15, 0.2) is 29.0 Å². The van der Waals surface area contributed by atoms with Crippen molar-refractivity contribution in [1.82, 2.24) is 4.90 Å². The molecule has 11 nitrogen and oxygen atoms in total. The van der Waals surface area contributed by atoms with Crippen LogP contribution in [0.2, 0.25) is 0 Å². The summed E-state index contributed by atoms with van der Waals surface area (Å²) in [6, 6.07) is 1.54. The van der Waals surface area contributed by atoms with Gasteiger partial charge in [-0.25, -0.2) is 0 Å². The maximum Gasteiger partial charge on any atom is 0.255 e. The van der Waals surface area contributed by atoms with Crippen LogP contribution in [0.1, 0.15) is 37.8 Å². The molecule has 200 valence electrons. The first kappa shape index (κ1) is 26.6. The molecule has 1 saturated carbocycles. The lowest BCUT2D eigenvalue weighted by Gasteiger charge is -2.63. The van der Waals surface area contributed by atoms with Crippen molar-refractivity contribution >= 4 is 28.9 Å². The number of ketones is 2. The summed E-state index contributed by atoms with van der Waals surface area (Å²) in [5, 5.41) is 57.5. The van der Waals surface area contributed by atoms with E-state index in [4.69, 9.17) is 5.73 Å². The molecule has 0 bridgehead atoms. The SMILES string of the molecule is C[C@H]1c2c(N(C)C)ccc(O)c2C(O)=C2C(=O)[C@]3(O)C(O)=C(C(N)=O)C(=O)[C@@H](N(C)C)[C@]3(C)[C@@H](O)[C@@]21C. The molecule has 1 fully saturated rings. The minimum absolute atomic E-state index is 0.0476. The van der Waals surface area contributed by atoms with E-state index in [9.17, 15) is 39.9 Å². The number of phenolic OH excluding ortho intramolecular Hbond substituents is 1. The van der Waals surface area contributed by atoms with Gasteiger partial charge in [-0.1, -0.05) is 20.8 Å². The Kier molecular flexibility index (Phi) is 5.61. The molecular weight excluding hydrogens is 482 g/mol. The molecule has 1 aromatic rings. The van der Waals surface area contributed by atoms with Gasteiger partial charge >= 0.3 is 0 Å². The number of nitrogens with two attached hydrogens (primary N) is 1. The van der Waals surface area contributed by atoms with Crippen LogP contribution in [0, 0.1) is 10.8 Å². The monoisotopic (exact) mass is 515 g/mol. The number of amides is 1. The number of likely N-dealkylation sites (N-methyl/N-ethyl adjacent to an activating group) is 1. The molecule has 0 radical (unpaired) electrons. The van der Waals surface area contributed by atoms with Gasteiger partial charge in [-0.3, -0.25) is 19.3 Å². The number of carbonyl (C=O) groups excluding carboxylic acids is 3. The molecule has 3 aliphatic rings. The summed E-state index contributed by atoms with van der Waals surface area (Å²) >= 11 is 0. The zero-order valence-electron chi connectivity index (χ0n) is 21.8. The Morgan fingerprint density at radius 2 is 1.62 bits per heavy atom. The van der Waals surface area contributed by atoms with E-state index in [1.54, 1.807) is 32.0 Å². The minimum atomic E-state index is -3.01. The van der Waals surface area contributed by atoms with Crippen LogP contribution in [0.3, 0.4) is 0 Å². The number of anilines is 1. The molecule has 37 heavy (non-hydrogen) atoms. The molecule has 0 heterocycles. The number of aliphatic hydroxyl groups is 4. The molecule has 0 aliphatic heterocycles. The Bertz CT molecular complexity index is 1330. The van der Waals surface area contributed by atoms with Crippen LogP contribution in [0.25, 0.3) is 5.76 Å². The normalized spacial score (nSPS) is 35.4. The number of phenols is 1. The van der Waals surface area contributed by atoms with Crippen LogP contribution in [-0.4, -0.2) is 93.8 Å². The fraction of sp³-hybridized carbons (Fsp3) is 0.500. The summed E-state index contributed by atoms with van der Waals surface area (Å²) in [5.41, 5.74) is -1.70. The van der Waals surface area contributed by atoms with Crippen molar-refractivity contribution in [3.8, 4) is 5.75 Å². The summed E-state index contributed by atoms with van der Waals surface area (Å²) in [6.45, 7) is 4.54. The van der Waals surface area contributed by atoms with Crippen LogP contribution < -0.4 is 10.6 Å². The number of rotatable bonds is 3. The number of aliphatic hydroxyl groups excluding tert-OH is 3. The van der Waals surface area contributed by atoms with E-state index < -0.39 is 74.6 Å². The lowest BCUT2D eigenvalue weighted by Crippen LogP contribution is -2.78. The maximum atomic E-state index is 14.3. The third kappa shape index (κ3) is 2.79. The Labute approximate surface area is 214 Å². The third-order valence-corrected chi connectivity index (χ3v) is 8.90. The number of nitrogens with zero attached hydrogens (tertiary/aromatic N) is 2. The minimum Gasteiger partial charge on any atom is -0.508 e. The number of hydrogen-bond acceptors (Lipinski definition) is 10. The standard InChI is InChI=1S/C26H33N3O8/c1-10-13-11(28(4)5)8-9-12(30)14(13)17(31)16-21(34)26(37)20(33)15(22(27)35)18(32)19(29(6)7)25(26,3)23(36)24(10,16)2/h8-10,19,23,30-31,33,36-37H,1-7H3,(H2,27,35)/t10-,19+,23-,24+,25+,26+/m0/s1. The van der Waals surface area contributed by atoms with Gasteiger partial charge in [-0.2, -0.15) is 0 Å². The van der Waals surface area contributed by atoms with Crippen LogP contribution in [0.4, 0.5) is 5.69 Å². The summed E-state index contributed by atoms with van der Waals surface area (Å²) in [5.74, 6) is -6.53. The molecule has 7 N–H and O–H groups in total. The number of carbonyl (C=O) groups is 3. The second-order valence-corrected chi connectivity index (χ2v) is 11.1.